The largest absolute Gasteiger partial charge is 0.479 e. The standard InChI is InChI=1S/C32H40N7O10P/c1-5-46-28(41)22(19-13-9-7-10-14-19)37-50(44,38-23(29(42)47-6-2)20-15-11-8-12-16-20)48-17-21-25(40)32(3,43)30(49-21)39-18-34-24-26(39)35-31(33)36-27(24)45-4/h7-16,18,21-23,25,30,40,43H,5-6,17H2,1-4H3,(H2,33,35,36)(H2,37,38,44)/t21-,22+,23+,25?,30-,32?/m1/s1. The lowest BCUT2D eigenvalue weighted by molar-refractivity contribution is -0.145. The van der Waals surface area contributed by atoms with E-state index in [0.717, 1.165) is 0 Å². The van der Waals surface area contributed by atoms with Gasteiger partial charge >= 0.3 is 19.6 Å². The number of benzene rings is 2. The number of rotatable bonds is 15. The predicted molar refractivity (Wildman–Crippen MR) is 178 cm³/mol. The first-order chi connectivity index (χ1) is 23.9. The molecule has 0 bridgehead atoms. The van der Waals surface area contributed by atoms with Crippen molar-refractivity contribution in [2.45, 2.75) is 56.9 Å². The number of nitrogen functional groups attached to an aromatic ring is 1. The zero-order valence-corrected chi connectivity index (χ0v) is 28.7. The van der Waals surface area contributed by atoms with E-state index >= 15 is 0 Å². The van der Waals surface area contributed by atoms with Gasteiger partial charge in [-0.15, -0.1) is 0 Å². The summed E-state index contributed by atoms with van der Waals surface area (Å²) in [4.78, 5) is 39.0. The van der Waals surface area contributed by atoms with Gasteiger partial charge in [-0.2, -0.15) is 9.97 Å². The summed E-state index contributed by atoms with van der Waals surface area (Å²) < 4.78 is 44.2. The fourth-order valence-electron chi connectivity index (χ4n) is 5.50. The number of ether oxygens (including phenoxy) is 4. The number of anilines is 1. The number of nitrogens with two attached hydrogens (primary N) is 1. The van der Waals surface area contributed by atoms with E-state index in [-0.39, 0.29) is 36.2 Å². The van der Waals surface area contributed by atoms with Gasteiger partial charge in [0.15, 0.2) is 17.4 Å². The first-order valence-corrected chi connectivity index (χ1v) is 17.4. The van der Waals surface area contributed by atoms with Gasteiger partial charge in [0, 0.05) is 0 Å². The smallest absolute Gasteiger partial charge is 0.342 e. The number of carbonyl (C=O) groups excluding carboxylic acids is 2. The second-order valence-electron chi connectivity index (χ2n) is 11.4. The number of methoxy groups -OCH3 is 1. The quantitative estimate of drug-likeness (QED) is 0.0879. The minimum absolute atomic E-state index is 0.0296. The molecule has 2 aromatic heterocycles. The number of esters is 2. The van der Waals surface area contributed by atoms with E-state index in [1.165, 1.54) is 24.9 Å². The molecule has 0 saturated carbocycles. The number of imidazole rings is 1. The van der Waals surface area contributed by atoms with Gasteiger partial charge in [-0.1, -0.05) is 60.7 Å². The third-order valence-electron chi connectivity index (χ3n) is 7.94. The Morgan fingerprint density at radius 3 is 2.04 bits per heavy atom. The molecule has 1 fully saturated rings. The molecule has 0 aliphatic carbocycles. The van der Waals surface area contributed by atoms with Crippen LogP contribution in [0.1, 0.15) is 50.2 Å². The maximum atomic E-state index is 14.9. The average molecular weight is 714 g/mol. The number of nitrogens with zero attached hydrogens (tertiary/aromatic N) is 4. The summed E-state index contributed by atoms with van der Waals surface area (Å²) in [5.74, 6) is -1.57. The molecule has 50 heavy (non-hydrogen) atoms. The maximum absolute atomic E-state index is 14.9. The Bertz CT molecular complexity index is 1760. The summed E-state index contributed by atoms with van der Waals surface area (Å²) in [7, 11) is -3.14. The van der Waals surface area contributed by atoms with Crippen LogP contribution in [-0.2, 0) is 32.9 Å². The molecule has 6 N–H and O–H groups in total. The van der Waals surface area contributed by atoms with Crippen molar-refractivity contribution in [2.75, 3.05) is 32.7 Å². The van der Waals surface area contributed by atoms with E-state index in [9.17, 15) is 24.4 Å². The van der Waals surface area contributed by atoms with Crippen molar-refractivity contribution in [1.29, 1.82) is 0 Å². The third-order valence-corrected chi connectivity index (χ3v) is 9.65. The molecule has 17 nitrogen and oxygen atoms in total. The lowest BCUT2D eigenvalue weighted by Gasteiger charge is -2.30. The van der Waals surface area contributed by atoms with Crippen molar-refractivity contribution in [3.63, 3.8) is 0 Å². The molecule has 0 amide bonds. The molecule has 18 heteroatoms. The van der Waals surface area contributed by atoms with Crippen LogP contribution in [0.5, 0.6) is 5.88 Å². The van der Waals surface area contributed by atoms with Gasteiger partial charge in [0.25, 0.3) is 0 Å². The monoisotopic (exact) mass is 713 g/mol. The van der Waals surface area contributed by atoms with Crippen LogP contribution in [0.3, 0.4) is 0 Å². The molecule has 268 valence electrons. The van der Waals surface area contributed by atoms with Crippen molar-refractivity contribution in [2.24, 2.45) is 0 Å². The summed E-state index contributed by atoms with van der Waals surface area (Å²) in [5, 5.41) is 28.3. The predicted octanol–water partition coefficient (Wildman–Crippen LogP) is 2.34. The molecular formula is C32H40N7O10P. The molecule has 3 heterocycles. The highest BCUT2D eigenvalue weighted by Gasteiger charge is 2.54. The zero-order valence-electron chi connectivity index (χ0n) is 27.8. The first-order valence-electron chi connectivity index (χ1n) is 15.8. The van der Waals surface area contributed by atoms with E-state index in [1.807, 2.05) is 0 Å². The highest BCUT2D eigenvalue weighted by molar-refractivity contribution is 7.54. The molecule has 1 saturated heterocycles. The topological polar surface area (TPSA) is 232 Å². The van der Waals surface area contributed by atoms with Gasteiger partial charge in [-0.25, -0.2) is 24.7 Å². The van der Waals surface area contributed by atoms with E-state index in [1.54, 1.807) is 74.5 Å². The molecule has 1 aliphatic heterocycles. The van der Waals surface area contributed by atoms with E-state index in [0.29, 0.717) is 11.1 Å². The highest BCUT2D eigenvalue weighted by Crippen LogP contribution is 2.47. The fraction of sp³-hybridized carbons (Fsp3) is 0.406. The van der Waals surface area contributed by atoms with Crippen molar-refractivity contribution >= 4 is 36.7 Å². The van der Waals surface area contributed by atoms with Gasteiger partial charge < -0.3 is 39.4 Å². The first kappa shape index (κ1) is 36.8. The van der Waals surface area contributed by atoms with Crippen LogP contribution in [0.15, 0.2) is 67.0 Å². The van der Waals surface area contributed by atoms with E-state index < -0.39 is 62.3 Å². The van der Waals surface area contributed by atoms with Gasteiger partial charge in [0.05, 0.1) is 33.3 Å². The molecule has 2 unspecified atom stereocenters. The number of aromatic nitrogens is 4. The summed E-state index contributed by atoms with van der Waals surface area (Å²) in [6, 6.07) is 14.1. The van der Waals surface area contributed by atoms with Crippen LogP contribution < -0.4 is 20.6 Å². The Labute approximate surface area is 287 Å². The number of nitrogens with one attached hydrogen (secondary N) is 2. The maximum Gasteiger partial charge on any atom is 0.342 e. The average Bonchev–Trinajstić information content (AvgIpc) is 3.62. The highest BCUT2D eigenvalue weighted by atomic mass is 31.2. The second-order valence-corrected chi connectivity index (χ2v) is 13.3. The van der Waals surface area contributed by atoms with Crippen LogP contribution >= 0.6 is 7.67 Å². The number of aliphatic hydroxyl groups is 2. The van der Waals surface area contributed by atoms with Crippen LogP contribution in [0.4, 0.5) is 5.95 Å². The molecule has 4 aromatic rings. The molecule has 0 spiro atoms. The van der Waals surface area contributed by atoms with Gasteiger partial charge in [0.1, 0.15) is 29.9 Å². The minimum Gasteiger partial charge on any atom is -0.479 e. The molecule has 5 rings (SSSR count). The Kier molecular flexibility index (Phi) is 11.5. The van der Waals surface area contributed by atoms with Crippen LogP contribution in [0.2, 0.25) is 0 Å². The van der Waals surface area contributed by atoms with E-state index in [2.05, 4.69) is 25.1 Å². The SMILES string of the molecule is CCOC(=O)[C@@H](NP(=O)(N[C@H](C(=O)OCC)c1ccccc1)OC[C@H]1O[C@@H](n2cnc3c(OC)nc(N)nc32)C(C)(O)C1O)c1ccccc1. The molecule has 6 atom stereocenters. The van der Waals surface area contributed by atoms with Crippen molar-refractivity contribution in [1.82, 2.24) is 29.7 Å². The molecular weight excluding hydrogens is 673 g/mol. The molecule has 0 radical (unpaired) electrons. The van der Waals surface area contributed by atoms with Crippen molar-refractivity contribution in [3.8, 4) is 5.88 Å². The van der Waals surface area contributed by atoms with Crippen LogP contribution in [0.25, 0.3) is 11.2 Å². The summed E-state index contributed by atoms with van der Waals surface area (Å²) in [6.07, 6.45) is -2.88. The lowest BCUT2D eigenvalue weighted by Crippen LogP contribution is -2.44. The normalized spacial score (nSPS) is 21.8. The van der Waals surface area contributed by atoms with Crippen molar-refractivity contribution in [3.05, 3.63) is 78.1 Å². The summed E-state index contributed by atoms with van der Waals surface area (Å²) >= 11 is 0. The third kappa shape index (κ3) is 7.79. The Balaban J connectivity index is 1.49. The Hall–Kier alpha value is -4.48. The second kappa shape index (κ2) is 15.6. The van der Waals surface area contributed by atoms with Crippen LogP contribution in [-0.4, -0.2) is 86.4 Å². The van der Waals surface area contributed by atoms with Gasteiger partial charge in [-0.05, 0) is 31.9 Å². The van der Waals surface area contributed by atoms with Gasteiger partial charge in [0.2, 0.25) is 11.8 Å². The number of fused-ring (bicyclic) bond motifs is 1. The molecule has 1 aliphatic rings. The van der Waals surface area contributed by atoms with E-state index in [4.69, 9.17) is 29.2 Å². The Morgan fingerprint density at radius 2 is 1.54 bits per heavy atom. The molecule has 2 aromatic carbocycles. The summed E-state index contributed by atoms with van der Waals surface area (Å²) in [5.41, 5.74) is 5.07. The summed E-state index contributed by atoms with van der Waals surface area (Å²) in [6.45, 7) is 4.05. The van der Waals surface area contributed by atoms with Gasteiger partial charge in [-0.3, -0.25) is 9.13 Å². The number of hydrogen-bond acceptors (Lipinski definition) is 14. The fourth-order valence-corrected chi connectivity index (χ4v) is 7.27. The lowest BCUT2D eigenvalue weighted by atomic mass is 9.96. The van der Waals surface area contributed by atoms with Crippen molar-refractivity contribution < 1.29 is 47.8 Å². The Morgan fingerprint density at radius 1 is 1.00 bits per heavy atom. The zero-order chi connectivity index (χ0) is 36.1. The van der Waals surface area contributed by atoms with Crippen LogP contribution in [0, 0.1) is 0 Å². The number of aliphatic hydroxyl groups excluding tert-OH is 1. The number of hydrogen-bond donors (Lipinski definition) is 5. The number of carbonyl (C=O) groups is 2. The minimum atomic E-state index is -4.52.